The topological polar surface area (TPSA) is 12.0 Å². The van der Waals surface area contributed by atoms with E-state index in [0.717, 1.165) is 6.07 Å². The highest BCUT2D eigenvalue weighted by Crippen LogP contribution is 2.28. The first kappa shape index (κ1) is 14.1. The predicted octanol–water partition coefficient (Wildman–Crippen LogP) is 4.18. The summed E-state index contributed by atoms with van der Waals surface area (Å²) in [4.78, 5) is 0. The molecule has 0 spiro atoms. The average Bonchev–Trinajstić information content (AvgIpc) is 2.34. The third-order valence-electron chi connectivity index (χ3n) is 2.80. The Hall–Kier alpha value is -1.33. The van der Waals surface area contributed by atoms with Crippen molar-refractivity contribution in [2.45, 2.75) is 6.04 Å². The highest BCUT2D eigenvalue weighted by Gasteiger charge is 2.19. The third-order valence-corrected chi connectivity index (χ3v) is 3.41. The molecule has 0 heterocycles. The molecule has 0 aliphatic rings. The smallest absolute Gasteiger partial charge is 0.142 e. The molecule has 19 heavy (non-hydrogen) atoms. The van der Waals surface area contributed by atoms with Gasteiger partial charge in [0.1, 0.15) is 17.5 Å². The average molecular weight is 330 g/mol. The fourth-order valence-corrected chi connectivity index (χ4v) is 2.37. The lowest BCUT2D eigenvalue weighted by atomic mass is 9.98. The largest absolute Gasteiger partial charge is 0.309 e. The van der Waals surface area contributed by atoms with Crippen LogP contribution in [0.5, 0.6) is 0 Å². The summed E-state index contributed by atoms with van der Waals surface area (Å²) in [7, 11) is 1.60. The molecule has 0 bridgehead atoms. The summed E-state index contributed by atoms with van der Waals surface area (Å²) in [6.45, 7) is 0. The summed E-state index contributed by atoms with van der Waals surface area (Å²) in [5, 5.41) is 2.86. The molecule has 0 aliphatic heterocycles. The van der Waals surface area contributed by atoms with Crippen molar-refractivity contribution in [2.24, 2.45) is 0 Å². The second-order valence-electron chi connectivity index (χ2n) is 4.07. The lowest BCUT2D eigenvalue weighted by molar-refractivity contribution is 0.553. The maximum absolute atomic E-state index is 14.1. The molecule has 0 amide bonds. The van der Waals surface area contributed by atoms with Gasteiger partial charge >= 0.3 is 0 Å². The number of hydrogen-bond acceptors (Lipinski definition) is 1. The fourth-order valence-electron chi connectivity index (χ4n) is 1.99. The first-order chi connectivity index (χ1) is 9.02. The molecule has 1 unspecified atom stereocenters. The van der Waals surface area contributed by atoms with E-state index in [2.05, 4.69) is 21.2 Å². The van der Waals surface area contributed by atoms with Crippen LogP contribution in [0, 0.1) is 17.5 Å². The highest BCUT2D eigenvalue weighted by molar-refractivity contribution is 9.10. The molecule has 0 fully saturated rings. The van der Waals surface area contributed by atoms with E-state index >= 15 is 0 Å². The van der Waals surface area contributed by atoms with Gasteiger partial charge in [0.2, 0.25) is 0 Å². The van der Waals surface area contributed by atoms with Gasteiger partial charge in [-0.25, -0.2) is 13.2 Å². The zero-order chi connectivity index (χ0) is 14.0. The Bertz CT molecular complexity index is 581. The molecule has 0 aliphatic carbocycles. The van der Waals surface area contributed by atoms with Gasteiger partial charge in [-0.05, 0) is 46.7 Å². The van der Waals surface area contributed by atoms with Gasteiger partial charge in [0, 0.05) is 11.6 Å². The molecular formula is C14H11BrF3N. The van der Waals surface area contributed by atoms with Crippen LogP contribution in [-0.4, -0.2) is 7.05 Å². The van der Waals surface area contributed by atoms with Crippen LogP contribution < -0.4 is 5.32 Å². The van der Waals surface area contributed by atoms with E-state index in [9.17, 15) is 13.2 Å². The standard InChI is InChI=1S/C14H11BrF3N/c1-19-14(8-5-9(16)7-10(17)6-8)11-3-2-4-12(15)13(11)18/h2-7,14,19H,1H3. The van der Waals surface area contributed by atoms with Gasteiger partial charge in [0.05, 0.1) is 10.5 Å². The predicted molar refractivity (Wildman–Crippen MR) is 71.4 cm³/mol. The number of nitrogens with one attached hydrogen (secondary N) is 1. The zero-order valence-electron chi connectivity index (χ0n) is 10.1. The van der Waals surface area contributed by atoms with Crippen molar-refractivity contribution < 1.29 is 13.2 Å². The van der Waals surface area contributed by atoms with Crippen molar-refractivity contribution in [3.05, 3.63) is 69.4 Å². The van der Waals surface area contributed by atoms with Crippen LogP contribution in [0.4, 0.5) is 13.2 Å². The number of hydrogen-bond donors (Lipinski definition) is 1. The van der Waals surface area contributed by atoms with Crippen molar-refractivity contribution in [2.75, 3.05) is 7.05 Å². The van der Waals surface area contributed by atoms with Gasteiger partial charge < -0.3 is 5.32 Å². The van der Waals surface area contributed by atoms with E-state index in [1.54, 1.807) is 25.2 Å². The maximum Gasteiger partial charge on any atom is 0.142 e. The molecule has 100 valence electrons. The number of halogens is 4. The number of benzene rings is 2. The molecule has 2 rings (SSSR count). The maximum atomic E-state index is 14.1. The lowest BCUT2D eigenvalue weighted by Gasteiger charge is -2.18. The van der Waals surface area contributed by atoms with E-state index in [1.165, 1.54) is 12.1 Å². The third kappa shape index (κ3) is 2.98. The second-order valence-corrected chi connectivity index (χ2v) is 4.92. The van der Waals surface area contributed by atoms with Crippen molar-refractivity contribution in [1.29, 1.82) is 0 Å². The molecule has 2 aromatic rings. The lowest BCUT2D eigenvalue weighted by Crippen LogP contribution is -2.19. The summed E-state index contributed by atoms with van der Waals surface area (Å²) >= 11 is 3.09. The SMILES string of the molecule is CNC(c1cc(F)cc(F)c1)c1cccc(Br)c1F. The van der Waals surface area contributed by atoms with Gasteiger partial charge in [-0.3, -0.25) is 0 Å². The monoisotopic (exact) mass is 329 g/mol. The molecule has 1 atom stereocenters. The molecule has 0 saturated carbocycles. The van der Waals surface area contributed by atoms with Crippen LogP contribution in [0.1, 0.15) is 17.2 Å². The van der Waals surface area contributed by atoms with Crippen LogP contribution in [0.25, 0.3) is 0 Å². The molecule has 0 aromatic heterocycles. The quantitative estimate of drug-likeness (QED) is 0.890. The molecule has 2 aromatic carbocycles. The van der Waals surface area contributed by atoms with Gasteiger partial charge in [0.15, 0.2) is 0 Å². The van der Waals surface area contributed by atoms with Crippen LogP contribution in [0.3, 0.4) is 0 Å². The molecule has 1 N–H and O–H groups in total. The number of rotatable bonds is 3. The Morgan fingerprint density at radius 1 is 1.05 bits per heavy atom. The van der Waals surface area contributed by atoms with E-state index in [0.29, 0.717) is 15.6 Å². The van der Waals surface area contributed by atoms with Crippen LogP contribution in [0.2, 0.25) is 0 Å². The Labute approximate surface area is 117 Å². The molecule has 1 nitrogen and oxygen atoms in total. The van der Waals surface area contributed by atoms with Crippen molar-refractivity contribution in [3.8, 4) is 0 Å². The summed E-state index contributed by atoms with van der Waals surface area (Å²) in [5.74, 6) is -1.83. The molecule has 0 saturated heterocycles. The Morgan fingerprint density at radius 2 is 1.68 bits per heavy atom. The second kappa shape index (κ2) is 5.75. The Kier molecular flexibility index (Phi) is 4.27. The van der Waals surface area contributed by atoms with Crippen LogP contribution in [-0.2, 0) is 0 Å². The van der Waals surface area contributed by atoms with Crippen LogP contribution in [0.15, 0.2) is 40.9 Å². The summed E-state index contributed by atoms with van der Waals surface area (Å²) in [6.07, 6.45) is 0. The van der Waals surface area contributed by atoms with E-state index in [-0.39, 0.29) is 0 Å². The molecule has 0 radical (unpaired) electrons. The van der Waals surface area contributed by atoms with Gasteiger partial charge in [-0.15, -0.1) is 0 Å². The van der Waals surface area contributed by atoms with Crippen molar-refractivity contribution in [3.63, 3.8) is 0 Å². The fraction of sp³-hybridized carbons (Fsp3) is 0.143. The van der Waals surface area contributed by atoms with Gasteiger partial charge in [0.25, 0.3) is 0 Å². The minimum absolute atomic E-state index is 0.308. The Balaban J connectivity index is 2.53. The van der Waals surface area contributed by atoms with Crippen molar-refractivity contribution >= 4 is 15.9 Å². The summed E-state index contributed by atoms with van der Waals surface area (Å²) in [5.41, 5.74) is 0.652. The first-order valence-corrected chi connectivity index (χ1v) is 6.39. The normalized spacial score (nSPS) is 12.5. The zero-order valence-corrected chi connectivity index (χ0v) is 11.6. The minimum atomic E-state index is -0.689. The first-order valence-electron chi connectivity index (χ1n) is 5.60. The summed E-state index contributed by atoms with van der Waals surface area (Å²) in [6, 6.07) is 7.34. The van der Waals surface area contributed by atoms with E-state index < -0.39 is 23.5 Å². The van der Waals surface area contributed by atoms with E-state index in [4.69, 9.17) is 0 Å². The molecule has 5 heteroatoms. The molecular weight excluding hydrogens is 319 g/mol. The highest BCUT2D eigenvalue weighted by atomic mass is 79.9. The van der Waals surface area contributed by atoms with Gasteiger partial charge in [-0.2, -0.15) is 0 Å². The Morgan fingerprint density at radius 3 is 2.26 bits per heavy atom. The van der Waals surface area contributed by atoms with Gasteiger partial charge in [-0.1, -0.05) is 12.1 Å². The van der Waals surface area contributed by atoms with E-state index in [1.807, 2.05) is 0 Å². The van der Waals surface area contributed by atoms with Crippen molar-refractivity contribution in [1.82, 2.24) is 5.32 Å². The summed E-state index contributed by atoms with van der Waals surface area (Å²) < 4.78 is 40.9. The minimum Gasteiger partial charge on any atom is -0.309 e. The van der Waals surface area contributed by atoms with Crippen LogP contribution >= 0.6 is 15.9 Å².